The van der Waals surface area contributed by atoms with Crippen molar-refractivity contribution in [1.29, 1.82) is 0 Å². The van der Waals surface area contributed by atoms with Crippen LogP contribution >= 0.6 is 0 Å². The van der Waals surface area contributed by atoms with Crippen LogP contribution in [0.2, 0.25) is 0 Å². The molecule has 0 aliphatic carbocycles. The second kappa shape index (κ2) is 8.40. The third-order valence-electron chi connectivity index (χ3n) is 5.08. The topological polar surface area (TPSA) is 84.2 Å². The third kappa shape index (κ3) is 4.88. The maximum Gasteiger partial charge on any atom is 0.224 e. The van der Waals surface area contributed by atoms with Gasteiger partial charge in [-0.1, -0.05) is 5.16 Å². The average molecular weight is 357 g/mol. The quantitative estimate of drug-likeness (QED) is 0.849. The molecule has 1 fully saturated rings. The largest absolute Gasteiger partial charge is 0.361 e. The van der Waals surface area contributed by atoms with Gasteiger partial charge in [0.15, 0.2) is 0 Å². The fourth-order valence-corrected chi connectivity index (χ4v) is 3.31. The number of nitrogens with one attached hydrogen (secondary N) is 1. The van der Waals surface area contributed by atoms with Gasteiger partial charge in [0.05, 0.1) is 36.2 Å². The molecule has 3 heterocycles. The van der Waals surface area contributed by atoms with Crippen LogP contribution in [0.1, 0.15) is 41.2 Å². The first-order valence-electron chi connectivity index (χ1n) is 9.18. The smallest absolute Gasteiger partial charge is 0.224 e. The number of hydrogen-bond acceptors (Lipinski definition) is 6. The predicted molar refractivity (Wildman–Crippen MR) is 97.5 cm³/mol. The highest BCUT2D eigenvalue weighted by Gasteiger charge is 2.18. The Morgan fingerprint density at radius 3 is 2.54 bits per heavy atom. The molecule has 140 valence electrons. The van der Waals surface area contributed by atoms with Gasteiger partial charge in [0.25, 0.3) is 0 Å². The van der Waals surface area contributed by atoms with Crippen molar-refractivity contribution >= 4 is 5.91 Å². The summed E-state index contributed by atoms with van der Waals surface area (Å²) in [6, 6.07) is 0. The number of amides is 1. The molecule has 0 bridgehead atoms. The molecule has 1 aliphatic heterocycles. The van der Waals surface area contributed by atoms with Gasteiger partial charge >= 0.3 is 0 Å². The normalized spacial score (nSPS) is 16.0. The van der Waals surface area contributed by atoms with Crippen molar-refractivity contribution in [3.05, 3.63) is 40.8 Å². The minimum Gasteiger partial charge on any atom is -0.361 e. The second-order valence-electron chi connectivity index (χ2n) is 7.21. The van der Waals surface area contributed by atoms with E-state index in [0.717, 1.165) is 42.2 Å². The van der Waals surface area contributed by atoms with Crippen molar-refractivity contribution in [2.24, 2.45) is 5.92 Å². The zero-order valence-electron chi connectivity index (χ0n) is 15.8. The van der Waals surface area contributed by atoms with Crippen molar-refractivity contribution < 1.29 is 9.32 Å². The molecule has 1 aliphatic rings. The molecule has 0 saturated carbocycles. The summed E-state index contributed by atoms with van der Waals surface area (Å²) in [6.45, 7) is 6.36. The highest BCUT2D eigenvalue weighted by atomic mass is 16.5. The van der Waals surface area contributed by atoms with Crippen LogP contribution < -0.4 is 5.32 Å². The van der Waals surface area contributed by atoms with Crippen molar-refractivity contribution in [3.63, 3.8) is 0 Å². The molecule has 1 saturated heterocycles. The lowest BCUT2D eigenvalue weighted by molar-refractivity contribution is -0.120. The van der Waals surface area contributed by atoms with Crippen LogP contribution in [0.15, 0.2) is 16.9 Å². The molecule has 0 atom stereocenters. The Hall–Kier alpha value is -2.28. The number of nitrogens with zero attached hydrogens (tertiary/aromatic N) is 4. The van der Waals surface area contributed by atoms with Gasteiger partial charge in [0.2, 0.25) is 5.91 Å². The lowest BCUT2D eigenvalue weighted by Gasteiger charge is -2.28. The van der Waals surface area contributed by atoms with Gasteiger partial charge in [-0.25, -0.2) is 0 Å². The Morgan fingerprint density at radius 1 is 1.23 bits per heavy atom. The van der Waals surface area contributed by atoms with E-state index in [1.165, 1.54) is 12.8 Å². The number of carbonyl (C=O) groups excluding carboxylic acids is 1. The number of aryl methyl sites for hydroxylation is 2. The average Bonchev–Trinajstić information content (AvgIpc) is 2.95. The summed E-state index contributed by atoms with van der Waals surface area (Å²) in [5, 5.41) is 6.75. The van der Waals surface area contributed by atoms with E-state index in [1.807, 2.05) is 20.0 Å². The molecule has 2 aromatic rings. The molecule has 2 aromatic heterocycles. The summed E-state index contributed by atoms with van der Waals surface area (Å²) in [7, 11) is 2.17. The minimum atomic E-state index is -0.0726. The molecule has 1 amide bonds. The SMILES string of the molecule is Cc1noc(C)c1CC(=O)NCc1cnc(CC2CCN(C)CC2)cn1. The fourth-order valence-electron chi connectivity index (χ4n) is 3.31. The second-order valence-corrected chi connectivity index (χ2v) is 7.21. The number of carbonyl (C=O) groups is 1. The first-order valence-corrected chi connectivity index (χ1v) is 9.18. The fraction of sp³-hybridized carbons (Fsp3) is 0.579. The lowest BCUT2D eigenvalue weighted by atomic mass is 9.92. The number of rotatable bonds is 6. The van der Waals surface area contributed by atoms with Crippen LogP contribution in [0, 0.1) is 19.8 Å². The number of likely N-dealkylation sites (tertiary alicyclic amines) is 1. The van der Waals surface area contributed by atoms with Gasteiger partial charge < -0.3 is 14.7 Å². The van der Waals surface area contributed by atoms with E-state index < -0.39 is 0 Å². The number of hydrogen-bond donors (Lipinski definition) is 1. The highest BCUT2D eigenvalue weighted by Crippen LogP contribution is 2.19. The molecular formula is C19H27N5O2. The van der Waals surface area contributed by atoms with Crippen LogP contribution in [0.5, 0.6) is 0 Å². The molecule has 0 spiro atoms. The zero-order valence-corrected chi connectivity index (χ0v) is 15.8. The Balaban J connectivity index is 1.46. The summed E-state index contributed by atoms with van der Waals surface area (Å²) >= 11 is 0. The predicted octanol–water partition coefficient (Wildman–Crippen LogP) is 1.82. The maximum atomic E-state index is 12.1. The molecule has 0 aromatic carbocycles. The first kappa shape index (κ1) is 18.5. The van der Waals surface area contributed by atoms with Crippen LogP contribution in [0.4, 0.5) is 0 Å². The molecule has 26 heavy (non-hydrogen) atoms. The standard InChI is InChI=1S/C19H27N5O2/c1-13-18(14(2)26-23-13)9-19(25)22-12-17-11-20-16(10-21-17)8-15-4-6-24(3)7-5-15/h10-11,15H,4-9,12H2,1-3H3,(H,22,25). The van der Waals surface area contributed by atoms with Gasteiger partial charge in [0.1, 0.15) is 5.76 Å². The van der Waals surface area contributed by atoms with Gasteiger partial charge in [-0.3, -0.25) is 14.8 Å². The Bertz CT molecular complexity index is 713. The lowest BCUT2D eigenvalue weighted by Crippen LogP contribution is -2.31. The first-order chi connectivity index (χ1) is 12.5. The number of piperidine rings is 1. The van der Waals surface area contributed by atoms with Crippen LogP contribution in [-0.2, 0) is 24.2 Å². The Labute approximate surface area is 154 Å². The maximum absolute atomic E-state index is 12.1. The van der Waals surface area contributed by atoms with Crippen molar-refractivity contribution in [3.8, 4) is 0 Å². The molecule has 7 heteroatoms. The summed E-state index contributed by atoms with van der Waals surface area (Å²) in [4.78, 5) is 23.4. The minimum absolute atomic E-state index is 0.0726. The summed E-state index contributed by atoms with van der Waals surface area (Å²) in [6.07, 6.45) is 7.30. The van der Waals surface area contributed by atoms with Crippen LogP contribution in [0.25, 0.3) is 0 Å². The molecule has 0 unspecified atom stereocenters. The van der Waals surface area contributed by atoms with Gasteiger partial charge in [-0.15, -0.1) is 0 Å². The van der Waals surface area contributed by atoms with E-state index in [2.05, 4.69) is 32.4 Å². The van der Waals surface area contributed by atoms with E-state index in [4.69, 9.17) is 4.52 Å². The van der Waals surface area contributed by atoms with Crippen LogP contribution in [0.3, 0.4) is 0 Å². The summed E-state index contributed by atoms with van der Waals surface area (Å²) in [5.41, 5.74) is 3.41. The number of aromatic nitrogens is 3. The van der Waals surface area contributed by atoms with E-state index >= 15 is 0 Å². The van der Waals surface area contributed by atoms with Crippen LogP contribution in [-0.4, -0.2) is 46.1 Å². The zero-order chi connectivity index (χ0) is 18.5. The third-order valence-corrected chi connectivity index (χ3v) is 5.08. The summed E-state index contributed by atoms with van der Waals surface area (Å²) < 4.78 is 5.09. The molecular weight excluding hydrogens is 330 g/mol. The molecule has 1 N–H and O–H groups in total. The van der Waals surface area contributed by atoms with E-state index in [-0.39, 0.29) is 12.3 Å². The Morgan fingerprint density at radius 2 is 1.92 bits per heavy atom. The van der Waals surface area contributed by atoms with Crippen molar-refractivity contribution in [2.45, 2.75) is 46.1 Å². The van der Waals surface area contributed by atoms with Gasteiger partial charge in [0, 0.05) is 11.8 Å². The van der Waals surface area contributed by atoms with Crippen molar-refractivity contribution in [1.82, 2.24) is 25.3 Å². The van der Waals surface area contributed by atoms with Gasteiger partial charge in [-0.2, -0.15) is 0 Å². The van der Waals surface area contributed by atoms with Crippen molar-refractivity contribution in [2.75, 3.05) is 20.1 Å². The molecule has 0 radical (unpaired) electrons. The molecule has 3 rings (SSSR count). The molecule has 7 nitrogen and oxygen atoms in total. The highest BCUT2D eigenvalue weighted by molar-refractivity contribution is 5.78. The Kier molecular flexibility index (Phi) is 5.98. The van der Waals surface area contributed by atoms with Gasteiger partial charge in [-0.05, 0) is 59.2 Å². The monoisotopic (exact) mass is 357 g/mol. The van der Waals surface area contributed by atoms with E-state index in [0.29, 0.717) is 18.2 Å². The van der Waals surface area contributed by atoms with E-state index in [1.54, 1.807) is 6.20 Å². The van der Waals surface area contributed by atoms with E-state index in [9.17, 15) is 4.79 Å². The summed E-state index contributed by atoms with van der Waals surface area (Å²) in [5.74, 6) is 1.31.